The molecule has 0 fully saturated rings. The van der Waals surface area contributed by atoms with E-state index in [1.54, 1.807) is 13.0 Å². The summed E-state index contributed by atoms with van der Waals surface area (Å²) in [6, 6.07) is 4.42. The van der Waals surface area contributed by atoms with Gasteiger partial charge >= 0.3 is 4.83 Å². The van der Waals surface area contributed by atoms with E-state index in [0.29, 0.717) is 5.56 Å². The largest absolute Gasteiger partial charge is 0.363 e. The van der Waals surface area contributed by atoms with Crippen LogP contribution in [0.5, 0.6) is 0 Å². The maximum absolute atomic E-state index is 12.6. The van der Waals surface area contributed by atoms with Gasteiger partial charge in [-0.1, -0.05) is 23.7 Å². The van der Waals surface area contributed by atoms with E-state index in [-0.39, 0.29) is 10.6 Å². The molecule has 0 atom stereocenters. The highest BCUT2D eigenvalue weighted by molar-refractivity contribution is 9.10. The molecule has 0 aliphatic heterocycles. The first-order chi connectivity index (χ1) is 6.34. The van der Waals surface area contributed by atoms with Crippen molar-refractivity contribution in [3.8, 4) is 0 Å². The zero-order chi connectivity index (χ0) is 10.9. The Hall–Kier alpha value is -0.480. The molecule has 5 heteroatoms. The predicted octanol–water partition coefficient (Wildman–Crippen LogP) is 3.82. The zero-order valence-electron chi connectivity index (χ0n) is 7.15. The van der Waals surface area contributed by atoms with Crippen LogP contribution in [0.25, 0.3) is 0 Å². The molecular formula is C9H6BrClF2O. The molecule has 1 rings (SSSR count). The lowest BCUT2D eigenvalue weighted by atomic mass is 10.1. The van der Waals surface area contributed by atoms with Crippen molar-refractivity contribution < 1.29 is 13.6 Å². The van der Waals surface area contributed by atoms with Gasteiger partial charge < -0.3 is 0 Å². The fourth-order valence-corrected chi connectivity index (χ4v) is 1.40. The van der Waals surface area contributed by atoms with Gasteiger partial charge in [-0.3, -0.25) is 4.79 Å². The molecule has 0 aliphatic rings. The van der Waals surface area contributed by atoms with Gasteiger partial charge in [0.1, 0.15) is 0 Å². The highest BCUT2D eigenvalue weighted by Crippen LogP contribution is 2.31. The second kappa shape index (κ2) is 3.95. The molecule has 0 unspecified atom stereocenters. The van der Waals surface area contributed by atoms with Crippen LogP contribution in [-0.4, -0.2) is 10.6 Å². The summed E-state index contributed by atoms with van der Waals surface area (Å²) in [5, 5.41) is 0.0663. The monoisotopic (exact) mass is 282 g/mol. The van der Waals surface area contributed by atoms with Crippen molar-refractivity contribution in [3.05, 3.63) is 34.3 Å². The first kappa shape index (κ1) is 11.6. The molecule has 0 saturated carbocycles. The van der Waals surface area contributed by atoms with E-state index in [2.05, 4.69) is 0 Å². The average molecular weight is 283 g/mol. The number of ketones is 1. The second-order valence-electron chi connectivity index (χ2n) is 2.76. The van der Waals surface area contributed by atoms with Gasteiger partial charge in [0.05, 0.1) is 5.02 Å². The van der Waals surface area contributed by atoms with Crippen molar-refractivity contribution in [2.45, 2.75) is 11.8 Å². The van der Waals surface area contributed by atoms with Gasteiger partial charge in [0.15, 0.2) is 0 Å². The van der Waals surface area contributed by atoms with Gasteiger partial charge in [-0.25, -0.2) is 0 Å². The van der Waals surface area contributed by atoms with Gasteiger partial charge in [-0.2, -0.15) is 8.78 Å². The number of Topliss-reactive ketones (excluding diaryl/α,β-unsaturated/α-hetero) is 1. The fourth-order valence-electron chi connectivity index (χ4n) is 0.975. The number of benzene rings is 1. The van der Waals surface area contributed by atoms with Gasteiger partial charge in [0.25, 0.3) is 0 Å². The SMILES string of the molecule is Cc1cccc(C(=O)C(F)(F)Br)c1Cl. The molecule has 76 valence electrons. The van der Waals surface area contributed by atoms with Crippen LogP contribution in [-0.2, 0) is 0 Å². The summed E-state index contributed by atoms with van der Waals surface area (Å²) < 4.78 is 25.2. The Balaban J connectivity index is 3.21. The standard InChI is InChI=1S/C9H6BrClF2O/c1-5-3-2-4-6(7(5)11)8(14)9(10,12)13/h2-4H,1H3. The lowest BCUT2D eigenvalue weighted by Gasteiger charge is -2.09. The Morgan fingerprint density at radius 2 is 2.07 bits per heavy atom. The molecule has 0 amide bonds. The van der Waals surface area contributed by atoms with E-state index < -0.39 is 10.6 Å². The number of aryl methyl sites for hydroxylation is 1. The normalized spacial score (nSPS) is 11.5. The fraction of sp³-hybridized carbons (Fsp3) is 0.222. The van der Waals surface area contributed by atoms with Crippen LogP contribution in [0.3, 0.4) is 0 Å². The Morgan fingerprint density at radius 1 is 1.50 bits per heavy atom. The van der Waals surface area contributed by atoms with Crippen LogP contribution in [0.1, 0.15) is 15.9 Å². The van der Waals surface area contributed by atoms with Crippen molar-refractivity contribution >= 4 is 33.3 Å². The number of halogens is 4. The van der Waals surface area contributed by atoms with Gasteiger partial charge in [0, 0.05) is 5.56 Å². The van der Waals surface area contributed by atoms with Crippen LogP contribution in [0.15, 0.2) is 18.2 Å². The van der Waals surface area contributed by atoms with E-state index in [0.717, 1.165) is 0 Å². The maximum Gasteiger partial charge on any atom is 0.363 e. The van der Waals surface area contributed by atoms with Crippen molar-refractivity contribution in [2.24, 2.45) is 0 Å². The summed E-state index contributed by atoms with van der Waals surface area (Å²) in [4.78, 5) is 7.59. The molecule has 0 N–H and O–H groups in total. The number of alkyl halides is 3. The van der Waals surface area contributed by atoms with Crippen LogP contribution < -0.4 is 0 Å². The summed E-state index contributed by atoms with van der Waals surface area (Å²) >= 11 is 7.72. The molecule has 0 saturated heterocycles. The van der Waals surface area contributed by atoms with E-state index in [9.17, 15) is 13.6 Å². The lowest BCUT2D eigenvalue weighted by molar-refractivity contribution is 0.0592. The van der Waals surface area contributed by atoms with Crippen LogP contribution >= 0.6 is 27.5 Å². The topological polar surface area (TPSA) is 17.1 Å². The van der Waals surface area contributed by atoms with Gasteiger partial charge in [-0.15, -0.1) is 0 Å². The summed E-state index contributed by atoms with van der Waals surface area (Å²) in [7, 11) is 0. The highest BCUT2D eigenvalue weighted by Gasteiger charge is 2.36. The van der Waals surface area contributed by atoms with E-state index in [1.807, 2.05) is 15.9 Å². The van der Waals surface area contributed by atoms with Crippen LogP contribution in [0, 0.1) is 6.92 Å². The minimum atomic E-state index is -3.57. The molecule has 0 aliphatic carbocycles. The molecule has 1 aromatic rings. The van der Waals surface area contributed by atoms with Crippen molar-refractivity contribution in [3.63, 3.8) is 0 Å². The van der Waals surface area contributed by atoms with Crippen LogP contribution in [0.4, 0.5) is 8.78 Å². The third-order valence-electron chi connectivity index (χ3n) is 1.69. The third-order valence-corrected chi connectivity index (χ3v) is 2.56. The Morgan fingerprint density at radius 3 is 2.57 bits per heavy atom. The van der Waals surface area contributed by atoms with Gasteiger partial charge in [-0.05, 0) is 34.5 Å². The molecule has 14 heavy (non-hydrogen) atoms. The number of hydrogen-bond donors (Lipinski definition) is 0. The first-order valence-electron chi connectivity index (χ1n) is 3.70. The first-order valence-corrected chi connectivity index (χ1v) is 4.88. The summed E-state index contributed by atoms with van der Waals surface area (Å²) in [6.45, 7) is 1.64. The highest BCUT2D eigenvalue weighted by atomic mass is 79.9. The average Bonchev–Trinajstić information content (AvgIpc) is 2.07. The molecule has 0 aromatic heterocycles. The van der Waals surface area contributed by atoms with Crippen molar-refractivity contribution in [2.75, 3.05) is 0 Å². The molecule has 1 aromatic carbocycles. The Kier molecular flexibility index (Phi) is 3.27. The molecule has 0 spiro atoms. The smallest absolute Gasteiger partial charge is 0.286 e. The summed E-state index contributed by atoms with van der Waals surface area (Å²) in [5.74, 6) is -1.33. The molecule has 0 bridgehead atoms. The minimum Gasteiger partial charge on any atom is -0.286 e. The summed E-state index contributed by atoms with van der Waals surface area (Å²) in [6.07, 6.45) is 0. The molecule has 1 nitrogen and oxygen atoms in total. The number of rotatable bonds is 2. The van der Waals surface area contributed by atoms with Crippen molar-refractivity contribution in [1.82, 2.24) is 0 Å². The zero-order valence-corrected chi connectivity index (χ0v) is 9.49. The van der Waals surface area contributed by atoms with E-state index in [1.165, 1.54) is 12.1 Å². The minimum absolute atomic E-state index is 0.0663. The predicted molar refractivity (Wildman–Crippen MR) is 54.4 cm³/mol. The van der Waals surface area contributed by atoms with Crippen molar-refractivity contribution in [1.29, 1.82) is 0 Å². The Labute approximate surface area is 93.2 Å². The van der Waals surface area contributed by atoms with Gasteiger partial charge in [0.2, 0.25) is 5.78 Å². The quantitative estimate of drug-likeness (QED) is 0.596. The number of carbonyl (C=O) groups is 1. The number of hydrogen-bond acceptors (Lipinski definition) is 1. The molecular weight excluding hydrogens is 277 g/mol. The maximum atomic E-state index is 12.6. The summed E-state index contributed by atoms with van der Waals surface area (Å²) in [5.41, 5.74) is 0.419. The van der Waals surface area contributed by atoms with E-state index >= 15 is 0 Å². The Bertz CT molecular complexity index is 374. The molecule has 0 radical (unpaired) electrons. The third kappa shape index (κ3) is 2.30. The number of carbonyl (C=O) groups excluding carboxylic acids is 1. The second-order valence-corrected chi connectivity index (χ2v) is 4.14. The van der Waals surface area contributed by atoms with Crippen LogP contribution in [0.2, 0.25) is 5.02 Å². The lowest BCUT2D eigenvalue weighted by Crippen LogP contribution is -2.21. The van der Waals surface area contributed by atoms with E-state index in [4.69, 9.17) is 11.6 Å². The molecule has 0 heterocycles.